The number of aliphatic hydroxyl groups excluding tert-OH is 1. The normalized spacial score (nSPS) is 14.3. The summed E-state index contributed by atoms with van der Waals surface area (Å²) in [5.41, 5.74) is 0. The van der Waals surface area contributed by atoms with E-state index in [0.717, 1.165) is 77.0 Å². The third-order valence-corrected chi connectivity index (χ3v) is 15.3. The summed E-state index contributed by atoms with van der Waals surface area (Å²) in [6.07, 6.45) is 82.9. The summed E-state index contributed by atoms with van der Waals surface area (Å²) in [4.78, 5) is 25.5. The molecule has 0 aromatic rings. The van der Waals surface area contributed by atoms with Gasteiger partial charge in [-0.1, -0.05) is 285 Å². The van der Waals surface area contributed by atoms with Gasteiger partial charge in [-0.05, 0) is 83.5 Å². The SMILES string of the molecule is CC/C=C\C/C=C\C/C=C\C/C=C\CCCCCCCCCCCCCCCCCCCCCCCCCCCCCCC(=O)NC(COP(=O)([O-])OCC[N+](C)(C)C)C(O)/C=C/CC/C=C/CC/C=C/CCCCCC. The van der Waals surface area contributed by atoms with Crippen molar-refractivity contribution in [3.63, 3.8) is 0 Å². The second-order valence-electron chi connectivity index (χ2n) is 23.1. The molecule has 8 nitrogen and oxygen atoms in total. The Hall–Kier alpha value is -2.32. The molecule has 3 atom stereocenters. The molecule has 77 heavy (non-hydrogen) atoms. The fourth-order valence-corrected chi connectivity index (χ4v) is 10.0. The summed E-state index contributed by atoms with van der Waals surface area (Å²) in [5, 5.41) is 13.8. The molecule has 9 heteroatoms. The molecule has 448 valence electrons. The molecule has 0 fully saturated rings. The zero-order chi connectivity index (χ0) is 56.3. The summed E-state index contributed by atoms with van der Waals surface area (Å²) in [7, 11) is 1.24. The van der Waals surface area contributed by atoms with Crippen molar-refractivity contribution in [1.29, 1.82) is 0 Å². The van der Waals surface area contributed by atoms with Crippen LogP contribution in [0, 0.1) is 0 Å². The number of allylic oxidation sites excluding steroid dienone is 13. The van der Waals surface area contributed by atoms with Crippen LogP contribution in [-0.2, 0) is 18.4 Å². The molecule has 1 amide bonds. The van der Waals surface area contributed by atoms with E-state index in [2.05, 4.69) is 92.1 Å². The van der Waals surface area contributed by atoms with Gasteiger partial charge in [0.05, 0.1) is 39.9 Å². The summed E-state index contributed by atoms with van der Waals surface area (Å²) in [5.74, 6) is -0.209. The van der Waals surface area contributed by atoms with Crippen molar-refractivity contribution >= 4 is 13.7 Å². The van der Waals surface area contributed by atoms with Gasteiger partial charge in [0.1, 0.15) is 13.2 Å². The molecular formula is C68H125N2O6P. The fraction of sp³-hybridized carbons (Fsp3) is 0.779. The quantitative estimate of drug-likeness (QED) is 0.0272. The number of aliphatic hydroxyl groups is 1. The Labute approximate surface area is 477 Å². The number of hydrogen-bond donors (Lipinski definition) is 2. The molecule has 0 aliphatic heterocycles. The molecule has 0 heterocycles. The maximum atomic E-state index is 13.0. The number of unbranched alkanes of at least 4 members (excludes halogenated alkanes) is 34. The first-order chi connectivity index (χ1) is 37.5. The van der Waals surface area contributed by atoms with Gasteiger partial charge in [0.2, 0.25) is 5.91 Å². The predicted molar refractivity (Wildman–Crippen MR) is 334 cm³/mol. The van der Waals surface area contributed by atoms with Crippen molar-refractivity contribution in [1.82, 2.24) is 5.32 Å². The van der Waals surface area contributed by atoms with Crippen LogP contribution in [0.1, 0.15) is 290 Å². The number of likely N-dealkylation sites (N-methyl/N-ethyl adjacent to an activating group) is 1. The number of phosphoric ester groups is 1. The molecule has 0 aromatic carbocycles. The number of amides is 1. The number of rotatable bonds is 59. The van der Waals surface area contributed by atoms with Crippen LogP contribution in [0.15, 0.2) is 85.1 Å². The number of hydrogen-bond acceptors (Lipinski definition) is 6. The highest BCUT2D eigenvalue weighted by atomic mass is 31.2. The van der Waals surface area contributed by atoms with Gasteiger partial charge in [-0.3, -0.25) is 9.36 Å². The lowest BCUT2D eigenvalue weighted by Crippen LogP contribution is -2.45. The molecule has 0 aliphatic rings. The standard InChI is InChI=1S/C68H125N2O6P/c1-6-8-10-12-14-16-18-20-22-23-24-25-26-27-28-29-30-31-32-33-34-35-36-37-38-39-40-41-42-43-44-45-46-47-48-50-52-54-56-58-60-62-68(72)69-66(65-76-77(73,74)75-64-63-70(3,4)5)67(71)61-59-57-55-53-51-49-21-19-17-15-13-11-9-7-2/h8,10,14,16-17,19-20,22,24-25,51,53,59,61,66-67,71H,6-7,9,11-13,15,18,21,23,26-50,52,54-58,60,62-65H2,1-5H3,(H-,69,72,73,74)/b10-8-,16-14-,19-17+,22-20-,25-24-,53-51+,61-59+. The fourth-order valence-electron chi connectivity index (χ4n) is 9.30. The summed E-state index contributed by atoms with van der Waals surface area (Å²) >= 11 is 0. The smallest absolute Gasteiger partial charge is 0.268 e. The number of nitrogens with one attached hydrogen (secondary N) is 1. The highest BCUT2D eigenvalue weighted by Gasteiger charge is 2.23. The highest BCUT2D eigenvalue weighted by molar-refractivity contribution is 7.45. The second kappa shape index (κ2) is 58.3. The van der Waals surface area contributed by atoms with E-state index in [9.17, 15) is 19.4 Å². The third-order valence-electron chi connectivity index (χ3n) is 14.3. The van der Waals surface area contributed by atoms with Crippen LogP contribution in [0.5, 0.6) is 0 Å². The van der Waals surface area contributed by atoms with E-state index >= 15 is 0 Å². The number of carbonyl (C=O) groups excluding carboxylic acids is 1. The van der Waals surface area contributed by atoms with E-state index in [0.29, 0.717) is 17.4 Å². The minimum atomic E-state index is -4.61. The molecule has 0 saturated carbocycles. The van der Waals surface area contributed by atoms with E-state index in [1.165, 1.54) is 193 Å². The Bertz CT molecular complexity index is 1530. The van der Waals surface area contributed by atoms with Crippen LogP contribution in [0.25, 0.3) is 0 Å². The van der Waals surface area contributed by atoms with Crippen molar-refractivity contribution < 1.29 is 32.9 Å². The van der Waals surface area contributed by atoms with Crippen molar-refractivity contribution in [3.8, 4) is 0 Å². The van der Waals surface area contributed by atoms with Gasteiger partial charge in [-0.25, -0.2) is 0 Å². The Morgan fingerprint density at radius 3 is 1.21 bits per heavy atom. The summed E-state index contributed by atoms with van der Waals surface area (Å²) in [6.45, 7) is 4.50. The van der Waals surface area contributed by atoms with Crippen LogP contribution >= 0.6 is 7.82 Å². The first kappa shape index (κ1) is 74.7. The molecule has 0 saturated heterocycles. The first-order valence-corrected chi connectivity index (χ1v) is 33.9. The molecule has 2 N–H and O–H groups in total. The van der Waals surface area contributed by atoms with Crippen LogP contribution in [0.2, 0.25) is 0 Å². The number of phosphoric acid groups is 1. The van der Waals surface area contributed by atoms with Gasteiger partial charge < -0.3 is 28.8 Å². The first-order valence-electron chi connectivity index (χ1n) is 32.4. The monoisotopic (exact) mass is 1100 g/mol. The minimum Gasteiger partial charge on any atom is -0.756 e. The van der Waals surface area contributed by atoms with Gasteiger partial charge >= 0.3 is 0 Å². The zero-order valence-electron chi connectivity index (χ0n) is 51.1. The lowest BCUT2D eigenvalue weighted by molar-refractivity contribution is -0.870. The Kier molecular flexibility index (Phi) is 56.6. The van der Waals surface area contributed by atoms with Crippen LogP contribution in [0.4, 0.5) is 0 Å². The summed E-state index contributed by atoms with van der Waals surface area (Å²) in [6, 6.07) is -0.910. The predicted octanol–water partition coefficient (Wildman–Crippen LogP) is 19.7. The van der Waals surface area contributed by atoms with E-state index in [4.69, 9.17) is 9.05 Å². The third kappa shape index (κ3) is 61.2. The minimum absolute atomic E-state index is 0.00962. The maximum Gasteiger partial charge on any atom is 0.268 e. The van der Waals surface area contributed by atoms with E-state index in [1.54, 1.807) is 6.08 Å². The van der Waals surface area contributed by atoms with E-state index < -0.39 is 26.6 Å². The summed E-state index contributed by atoms with van der Waals surface area (Å²) < 4.78 is 23.3. The maximum absolute atomic E-state index is 13.0. The van der Waals surface area contributed by atoms with Crippen molar-refractivity contribution in [3.05, 3.63) is 85.1 Å². The largest absolute Gasteiger partial charge is 0.756 e. The van der Waals surface area contributed by atoms with E-state index in [-0.39, 0.29) is 12.5 Å². The van der Waals surface area contributed by atoms with Gasteiger partial charge in [0.15, 0.2) is 0 Å². The Morgan fingerprint density at radius 2 is 0.805 bits per heavy atom. The van der Waals surface area contributed by atoms with Gasteiger partial charge in [-0.2, -0.15) is 0 Å². The average Bonchev–Trinajstić information content (AvgIpc) is 3.39. The molecular weight excluding hydrogens is 972 g/mol. The second-order valence-corrected chi connectivity index (χ2v) is 24.5. The molecule has 0 aliphatic carbocycles. The Morgan fingerprint density at radius 1 is 0.468 bits per heavy atom. The Balaban J connectivity index is 3.88. The number of nitrogens with zero attached hydrogens (tertiary/aromatic N) is 1. The zero-order valence-corrected chi connectivity index (χ0v) is 52.0. The number of quaternary nitrogens is 1. The molecule has 0 spiro atoms. The molecule has 0 radical (unpaired) electrons. The van der Waals surface area contributed by atoms with Crippen LogP contribution in [0.3, 0.4) is 0 Å². The number of carbonyl (C=O) groups is 1. The molecule has 0 bridgehead atoms. The molecule has 0 rings (SSSR count). The lowest BCUT2D eigenvalue weighted by Gasteiger charge is -2.29. The molecule has 0 aromatic heterocycles. The highest BCUT2D eigenvalue weighted by Crippen LogP contribution is 2.38. The lowest BCUT2D eigenvalue weighted by atomic mass is 10.0. The topological polar surface area (TPSA) is 108 Å². The molecule has 3 unspecified atom stereocenters. The van der Waals surface area contributed by atoms with Crippen molar-refractivity contribution in [2.45, 2.75) is 302 Å². The van der Waals surface area contributed by atoms with Crippen LogP contribution < -0.4 is 10.2 Å². The van der Waals surface area contributed by atoms with Crippen LogP contribution in [-0.4, -0.2) is 68.5 Å². The van der Waals surface area contributed by atoms with Gasteiger partial charge in [0, 0.05) is 6.42 Å². The average molecular weight is 1100 g/mol. The van der Waals surface area contributed by atoms with Gasteiger partial charge in [0.25, 0.3) is 7.82 Å². The van der Waals surface area contributed by atoms with Crippen molar-refractivity contribution in [2.24, 2.45) is 0 Å². The van der Waals surface area contributed by atoms with Gasteiger partial charge in [-0.15, -0.1) is 0 Å². The van der Waals surface area contributed by atoms with Crippen molar-refractivity contribution in [2.75, 3.05) is 40.9 Å². The van der Waals surface area contributed by atoms with E-state index in [1.807, 2.05) is 27.2 Å².